The highest BCUT2D eigenvalue weighted by molar-refractivity contribution is 5.88. The number of methoxy groups -OCH3 is 1. The van der Waals surface area contributed by atoms with Crippen molar-refractivity contribution in [3.05, 3.63) is 35.9 Å². The second-order valence-electron chi connectivity index (χ2n) is 9.38. The van der Waals surface area contributed by atoms with Gasteiger partial charge in [-0.25, -0.2) is 4.79 Å². The first-order chi connectivity index (χ1) is 19.4. The summed E-state index contributed by atoms with van der Waals surface area (Å²) >= 11 is 0. The number of nitrogens with zero attached hydrogens (tertiary/aromatic N) is 1. The summed E-state index contributed by atoms with van der Waals surface area (Å²) in [5.74, 6) is -1.68. The predicted molar refractivity (Wildman–Crippen MR) is 157 cm³/mol. The van der Waals surface area contributed by atoms with Crippen LogP contribution >= 0.6 is 0 Å². The lowest BCUT2D eigenvalue weighted by Crippen LogP contribution is -2.44. The van der Waals surface area contributed by atoms with E-state index in [1.807, 2.05) is 6.92 Å². The molecular formula is C28H46N6O7. The topological polar surface area (TPSA) is 221 Å². The summed E-state index contributed by atoms with van der Waals surface area (Å²) in [6, 6.07) is 3.58. The van der Waals surface area contributed by atoms with Gasteiger partial charge < -0.3 is 42.4 Å². The minimum Gasteiger partial charge on any atom is -0.493 e. The zero-order valence-electron chi connectivity index (χ0n) is 24.5. The minimum absolute atomic E-state index is 0.0424. The Kier molecular flexibility index (Phi) is 19.5. The summed E-state index contributed by atoms with van der Waals surface area (Å²) < 4.78 is 10.5. The molecule has 0 saturated carbocycles. The molecule has 0 heterocycles. The van der Waals surface area contributed by atoms with Gasteiger partial charge in [-0.15, -0.1) is 0 Å². The first kappa shape index (κ1) is 36.9. The van der Waals surface area contributed by atoms with Crippen molar-refractivity contribution in [2.75, 3.05) is 20.2 Å². The normalized spacial score (nSPS) is 11.2. The number of carboxylic acids is 1. The van der Waals surface area contributed by atoms with E-state index in [9.17, 15) is 19.2 Å². The van der Waals surface area contributed by atoms with Crippen LogP contribution in [0.1, 0.15) is 64.9 Å². The molecule has 0 aliphatic rings. The number of carbonyl (C=O) groups is 4. The molecular weight excluding hydrogens is 532 g/mol. The second-order valence-corrected chi connectivity index (χ2v) is 9.38. The maximum atomic E-state index is 12.1. The number of hydrogen-bond donors (Lipinski definition) is 6. The van der Waals surface area contributed by atoms with Crippen LogP contribution in [0.25, 0.3) is 0 Å². The first-order valence-electron chi connectivity index (χ1n) is 13.5. The molecule has 0 aliphatic heterocycles. The molecule has 1 atom stereocenters. The van der Waals surface area contributed by atoms with Gasteiger partial charge in [-0.05, 0) is 49.3 Å². The van der Waals surface area contributed by atoms with Crippen LogP contribution in [0.2, 0.25) is 0 Å². The molecule has 13 nitrogen and oxygen atoms in total. The van der Waals surface area contributed by atoms with Gasteiger partial charge in [-0.2, -0.15) is 0 Å². The van der Waals surface area contributed by atoms with E-state index in [4.69, 9.17) is 31.8 Å². The Morgan fingerprint density at radius 2 is 1.80 bits per heavy atom. The highest BCUT2D eigenvalue weighted by atomic mass is 16.6. The molecule has 13 heteroatoms. The Morgan fingerprint density at radius 1 is 1.10 bits per heavy atom. The quantitative estimate of drug-likeness (QED) is 0.0391. The van der Waals surface area contributed by atoms with Gasteiger partial charge in [-0.1, -0.05) is 39.0 Å². The van der Waals surface area contributed by atoms with Crippen molar-refractivity contribution >= 4 is 29.7 Å². The number of esters is 1. The number of benzene rings is 1. The third kappa shape index (κ3) is 19.6. The van der Waals surface area contributed by atoms with E-state index in [-0.39, 0.29) is 23.4 Å². The van der Waals surface area contributed by atoms with E-state index >= 15 is 0 Å². The molecule has 1 aromatic carbocycles. The Hall–Kier alpha value is -4.13. The van der Waals surface area contributed by atoms with Crippen LogP contribution < -0.4 is 37.3 Å². The number of aliphatic imine (C=N–C) groups is 1. The van der Waals surface area contributed by atoms with Gasteiger partial charge in [0.2, 0.25) is 11.8 Å². The maximum Gasteiger partial charge on any atom is 0.330 e. The Bertz CT molecular complexity index is 1020. The van der Waals surface area contributed by atoms with Crippen LogP contribution in [0.5, 0.6) is 11.5 Å². The molecule has 0 saturated heterocycles. The number of nitrogens with two attached hydrogens (primary N) is 3. The fourth-order valence-corrected chi connectivity index (χ4v) is 3.08. The van der Waals surface area contributed by atoms with Crippen molar-refractivity contribution in [2.24, 2.45) is 28.1 Å². The number of amides is 2. The van der Waals surface area contributed by atoms with Crippen LogP contribution in [0, 0.1) is 5.92 Å². The van der Waals surface area contributed by atoms with Gasteiger partial charge >= 0.3 is 11.9 Å². The molecule has 0 bridgehead atoms. The van der Waals surface area contributed by atoms with Crippen molar-refractivity contribution in [3.63, 3.8) is 0 Å². The molecule has 41 heavy (non-hydrogen) atoms. The van der Waals surface area contributed by atoms with Crippen LogP contribution in [0.4, 0.5) is 0 Å². The van der Waals surface area contributed by atoms with E-state index in [0.29, 0.717) is 18.9 Å². The fourth-order valence-electron chi connectivity index (χ4n) is 3.08. The molecule has 1 aromatic rings. The molecule has 1 unspecified atom stereocenters. The van der Waals surface area contributed by atoms with Gasteiger partial charge in [0.05, 0.1) is 19.6 Å². The zero-order valence-corrected chi connectivity index (χ0v) is 24.5. The summed E-state index contributed by atoms with van der Waals surface area (Å²) in [6.07, 6.45) is 7.92. The largest absolute Gasteiger partial charge is 0.493 e. The van der Waals surface area contributed by atoms with Crippen molar-refractivity contribution in [1.82, 2.24) is 10.6 Å². The molecule has 0 aliphatic carbocycles. The molecule has 0 radical (unpaired) electrons. The fraction of sp³-hybridized carbons (Fsp3) is 0.536. The molecule has 2 amide bonds. The Balaban J connectivity index is 0.00000201. The van der Waals surface area contributed by atoms with Crippen LogP contribution in [-0.2, 0) is 25.7 Å². The number of hydrogen-bond acceptors (Lipinski definition) is 8. The number of guanidine groups is 1. The Labute approximate surface area is 241 Å². The average Bonchev–Trinajstić information content (AvgIpc) is 2.91. The third-order valence-corrected chi connectivity index (χ3v) is 5.14. The lowest BCUT2D eigenvalue weighted by Gasteiger charge is -2.13. The number of ether oxygens (including phenoxy) is 2. The number of carbonyl (C=O) groups excluding carboxylic acids is 3. The van der Waals surface area contributed by atoms with Crippen LogP contribution in [-0.4, -0.2) is 61.1 Å². The van der Waals surface area contributed by atoms with E-state index in [1.165, 1.54) is 13.2 Å². The SMILES string of the molecule is CCCN=C(N)N.COc1cc(CNC(=O)CCCC/C=C/C(C)C)ccc1OC(=O)CNC(=O)C(N)CC(=O)O. The molecule has 230 valence electrons. The molecule has 1 rings (SSSR count). The van der Waals surface area contributed by atoms with Gasteiger partial charge in [0, 0.05) is 19.5 Å². The van der Waals surface area contributed by atoms with E-state index in [2.05, 4.69) is 41.6 Å². The van der Waals surface area contributed by atoms with Crippen molar-refractivity contribution < 1.29 is 33.8 Å². The summed E-state index contributed by atoms with van der Waals surface area (Å²) in [4.78, 5) is 50.1. The molecule has 0 spiro atoms. The molecule has 0 aromatic heterocycles. The van der Waals surface area contributed by atoms with Crippen LogP contribution in [0.3, 0.4) is 0 Å². The maximum absolute atomic E-state index is 12.1. The molecule has 0 fully saturated rings. The number of nitrogens with one attached hydrogen (secondary N) is 2. The summed E-state index contributed by atoms with van der Waals surface area (Å²) in [5, 5.41) is 13.7. The van der Waals surface area contributed by atoms with Gasteiger partial charge in [0.25, 0.3) is 0 Å². The first-order valence-corrected chi connectivity index (χ1v) is 13.5. The zero-order chi connectivity index (χ0) is 31.2. The highest BCUT2D eigenvalue weighted by Gasteiger charge is 2.18. The number of carboxylic acid groups (broad SMARTS) is 1. The molecule has 9 N–H and O–H groups in total. The highest BCUT2D eigenvalue weighted by Crippen LogP contribution is 2.28. The second kappa shape index (κ2) is 21.7. The minimum atomic E-state index is -1.27. The average molecular weight is 579 g/mol. The smallest absolute Gasteiger partial charge is 0.330 e. The number of allylic oxidation sites excluding steroid dienone is 2. The van der Waals surface area contributed by atoms with E-state index in [1.54, 1.807) is 12.1 Å². The number of unbranched alkanes of at least 4 members (excludes halogenated alkanes) is 2. The van der Waals surface area contributed by atoms with Gasteiger partial charge in [0.15, 0.2) is 17.5 Å². The third-order valence-electron chi connectivity index (χ3n) is 5.14. The number of aliphatic carboxylic acids is 1. The van der Waals surface area contributed by atoms with Gasteiger partial charge in [0.1, 0.15) is 6.54 Å². The predicted octanol–water partition coefficient (Wildman–Crippen LogP) is 1.58. The van der Waals surface area contributed by atoms with Gasteiger partial charge in [-0.3, -0.25) is 19.4 Å². The van der Waals surface area contributed by atoms with Crippen molar-refractivity contribution in [3.8, 4) is 11.5 Å². The summed E-state index contributed by atoms with van der Waals surface area (Å²) in [6.45, 7) is 6.82. The standard InChI is InChI=1S/C24H35N3O7.C4H11N3/c1-16(2)8-6-4-5-7-9-21(28)26-14-17-10-11-19(20(12-17)33-3)34-23(31)15-27-24(32)18(25)13-22(29)30;1-2-3-7-4(5)6/h6,8,10-12,16,18H,4-5,7,9,13-15,25H2,1-3H3,(H,26,28)(H,27,32)(H,29,30);2-3H2,1H3,(H4,5,6,7)/b8-6+;. The van der Waals surface area contributed by atoms with Crippen molar-refractivity contribution in [2.45, 2.75) is 71.9 Å². The lowest BCUT2D eigenvalue weighted by molar-refractivity contribution is -0.139. The summed E-state index contributed by atoms with van der Waals surface area (Å²) in [7, 11) is 1.41. The monoisotopic (exact) mass is 578 g/mol. The number of rotatable bonds is 17. The van der Waals surface area contributed by atoms with E-state index in [0.717, 1.165) is 37.8 Å². The Morgan fingerprint density at radius 3 is 2.37 bits per heavy atom. The summed E-state index contributed by atoms with van der Waals surface area (Å²) in [5.41, 5.74) is 16.2. The lowest BCUT2D eigenvalue weighted by atomic mass is 10.1. The van der Waals surface area contributed by atoms with Crippen molar-refractivity contribution in [1.29, 1.82) is 0 Å². The van der Waals surface area contributed by atoms with E-state index < -0.39 is 36.9 Å². The van der Waals surface area contributed by atoms with Crippen LogP contribution in [0.15, 0.2) is 35.3 Å².